The first kappa shape index (κ1) is 22.0. The molecule has 0 unspecified atom stereocenters. The second-order valence-corrected chi connectivity index (χ2v) is 7.43. The number of carbonyl (C=O) groups is 2. The van der Waals surface area contributed by atoms with Crippen molar-refractivity contribution in [2.75, 3.05) is 10.6 Å². The van der Waals surface area contributed by atoms with Crippen LogP contribution in [0, 0.1) is 26.6 Å². The number of hydrogen-bond donors (Lipinski definition) is 2. The number of carbonyl (C=O) groups excluding carboxylic acids is 2. The standard InChI is InChI=1S/C24H25FN4O2/c1-15-5-7-19(8-6-15)14-29-17(3)21(16(2)28-29)10-12-24(31)27-20-9-11-22(25)23(13-20)26-18(4)30/h5-13H,14H2,1-4H3,(H,26,30)(H,27,31). The Morgan fingerprint density at radius 2 is 1.77 bits per heavy atom. The van der Waals surface area contributed by atoms with Gasteiger partial charge in [-0.25, -0.2) is 4.39 Å². The molecule has 0 aliphatic rings. The fourth-order valence-corrected chi connectivity index (χ4v) is 3.20. The fourth-order valence-electron chi connectivity index (χ4n) is 3.20. The Morgan fingerprint density at radius 1 is 1.06 bits per heavy atom. The summed E-state index contributed by atoms with van der Waals surface area (Å²) in [5, 5.41) is 9.65. The van der Waals surface area contributed by atoms with Gasteiger partial charge in [0.05, 0.1) is 17.9 Å². The molecule has 0 radical (unpaired) electrons. The molecule has 3 rings (SSSR count). The van der Waals surface area contributed by atoms with Crippen molar-refractivity contribution in [1.82, 2.24) is 9.78 Å². The molecule has 6 nitrogen and oxygen atoms in total. The number of rotatable bonds is 6. The van der Waals surface area contributed by atoms with Crippen LogP contribution >= 0.6 is 0 Å². The van der Waals surface area contributed by atoms with Gasteiger partial charge in [-0.1, -0.05) is 29.8 Å². The van der Waals surface area contributed by atoms with E-state index in [0.717, 1.165) is 22.5 Å². The lowest BCUT2D eigenvalue weighted by atomic mass is 10.1. The molecule has 2 N–H and O–H groups in total. The highest BCUT2D eigenvalue weighted by atomic mass is 19.1. The number of halogens is 1. The maximum atomic E-state index is 13.8. The number of hydrogen-bond acceptors (Lipinski definition) is 3. The zero-order valence-corrected chi connectivity index (χ0v) is 18.0. The predicted molar refractivity (Wildman–Crippen MR) is 120 cm³/mol. The van der Waals surface area contributed by atoms with Gasteiger partial charge in [0, 0.05) is 29.9 Å². The second-order valence-electron chi connectivity index (χ2n) is 7.43. The lowest BCUT2D eigenvalue weighted by Crippen LogP contribution is -2.11. The zero-order chi connectivity index (χ0) is 22.5. The number of nitrogens with one attached hydrogen (secondary N) is 2. The predicted octanol–water partition coefficient (Wildman–Crippen LogP) is 4.61. The third kappa shape index (κ3) is 5.66. The number of nitrogens with zero attached hydrogens (tertiary/aromatic N) is 2. The van der Waals surface area contributed by atoms with Crippen LogP contribution in [-0.2, 0) is 16.1 Å². The number of aryl methyl sites for hydroxylation is 2. The molecule has 0 saturated heterocycles. The van der Waals surface area contributed by atoms with Crippen molar-refractivity contribution >= 4 is 29.3 Å². The SMILES string of the molecule is CC(=O)Nc1cc(NC(=O)C=Cc2c(C)nn(Cc3ccc(C)cc3)c2C)ccc1F. The number of amides is 2. The van der Waals surface area contributed by atoms with Crippen LogP contribution in [0.15, 0.2) is 48.5 Å². The van der Waals surface area contributed by atoms with Gasteiger partial charge in [-0.3, -0.25) is 14.3 Å². The van der Waals surface area contributed by atoms with Gasteiger partial charge in [-0.2, -0.15) is 5.10 Å². The van der Waals surface area contributed by atoms with E-state index in [1.807, 2.05) is 25.5 Å². The van der Waals surface area contributed by atoms with E-state index in [1.165, 1.54) is 36.8 Å². The first-order valence-corrected chi connectivity index (χ1v) is 9.88. The van der Waals surface area contributed by atoms with Crippen LogP contribution in [0.5, 0.6) is 0 Å². The lowest BCUT2D eigenvalue weighted by molar-refractivity contribution is -0.114. The molecule has 3 aromatic rings. The summed E-state index contributed by atoms with van der Waals surface area (Å²) in [7, 11) is 0. The molecule has 0 spiro atoms. The number of aromatic nitrogens is 2. The highest BCUT2D eigenvalue weighted by Crippen LogP contribution is 2.20. The minimum Gasteiger partial charge on any atom is -0.324 e. The molecular formula is C24H25FN4O2. The Hall–Kier alpha value is -3.74. The number of anilines is 2. The van der Waals surface area contributed by atoms with Crippen molar-refractivity contribution in [2.24, 2.45) is 0 Å². The quantitative estimate of drug-likeness (QED) is 0.572. The Kier molecular flexibility index (Phi) is 6.65. The monoisotopic (exact) mass is 420 g/mol. The summed E-state index contributed by atoms with van der Waals surface area (Å²) in [6.07, 6.45) is 3.13. The number of benzene rings is 2. The Labute approximate surface area is 180 Å². The molecule has 0 saturated carbocycles. The molecular weight excluding hydrogens is 395 g/mol. The van der Waals surface area contributed by atoms with Crippen molar-refractivity contribution in [3.05, 3.63) is 82.4 Å². The van der Waals surface area contributed by atoms with Crippen LogP contribution in [0.1, 0.15) is 35.0 Å². The minimum absolute atomic E-state index is 0.0124. The third-order valence-corrected chi connectivity index (χ3v) is 4.84. The van der Waals surface area contributed by atoms with Gasteiger partial charge in [0.2, 0.25) is 11.8 Å². The molecule has 0 aliphatic carbocycles. The van der Waals surface area contributed by atoms with Gasteiger partial charge in [0.1, 0.15) is 5.82 Å². The van der Waals surface area contributed by atoms with Gasteiger partial charge in [0.25, 0.3) is 0 Å². The molecule has 31 heavy (non-hydrogen) atoms. The Bertz CT molecular complexity index is 1150. The molecule has 0 aliphatic heterocycles. The van der Waals surface area contributed by atoms with Crippen LogP contribution in [-0.4, -0.2) is 21.6 Å². The van der Waals surface area contributed by atoms with Gasteiger partial charge in [-0.05, 0) is 50.6 Å². The summed E-state index contributed by atoms with van der Waals surface area (Å²) >= 11 is 0. The molecule has 1 aromatic heterocycles. The van der Waals surface area contributed by atoms with E-state index in [1.54, 1.807) is 6.08 Å². The molecule has 0 fully saturated rings. The average molecular weight is 420 g/mol. The lowest BCUT2D eigenvalue weighted by Gasteiger charge is -2.07. The van der Waals surface area contributed by atoms with E-state index in [2.05, 4.69) is 40.0 Å². The van der Waals surface area contributed by atoms with Gasteiger partial charge >= 0.3 is 0 Å². The average Bonchev–Trinajstić information content (AvgIpc) is 2.97. The molecule has 2 aromatic carbocycles. The van der Waals surface area contributed by atoms with Crippen LogP contribution in [0.2, 0.25) is 0 Å². The Morgan fingerprint density at radius 3 is 2.45 bits per heavy atom. The molecule has 160 valence electrons. The van der Waals surface area contributed by atoms with Crippen LogP contribution < -0.4 is 10.6 Å². The van der Waals surface area contributed by atoms with Crippen LogP contribution in [0.25, 0.3) is 6.08 Å². The highest BCUT2D eigenvalue weighted by molar-refractivity contribution is 6.02. The smallest absolute Gasteiger partial charge is 0.248 e. The van der Waals surface area contributed by atoms with Gasteiger partial charge in [-0.15, -0.1) is 0 Å². The second kappa shape index (κ2) is 9.38. The van der Waals surface area contributed by atoms with Crippen molar-refractivity contribution in [1.29, 1.82) is 0 Å². The zero-order valence-electron chi connectivity index (χ0n) is 18.0. The third-order valence-electron chi connectivity index (χ3n) is 4.84. The minimum atomic E-state index is -0.573. The fraction of sp³-hybridized carbons (Fsp3) is 0.208. The summed E-state index contributed by atoms with van der Waals surface area (Å²) in [5.74, 6) is -1.34. The van der Waals surface area contributed by atoms with Crippen LogP contribution in [0.3, 0.4) is 0 Å². The Balaban J connectivity index is 1.71. The van der Waals surface area contributed by atoms with E-state index >= 15 is 0 Å². The van der Waals surface area contributed by atoms with Crippen molar-refractivity contribution in [2.45, 2.75) is 34.2 Å². The van der Waals surface area contributed by atoms with Gasteiger partial charge < -0.3 is 10.6 Å². The van der Waals surface area contributed by atoms with Crippen molar-refractivity contribution in [3.63, 3.8) is 0 Å². The molecule has 1 heterocycles. The summed E-state index contributed by atoms with van der Waals surface area (Å²) < 4.78 is 15.7. The topological polar surface area (TPSA) is 76.0 Å². The van der Waals surface area contributed by atoms with Crippen molar-refractivity contribution in [3.8, 4) is 0 Å². The first-order valence-electron chi connectivity index (χ1n) is 9.88. The molecule has 0 bridgehead atoms. The van der Waals surface area contributed by atoms with E-state index in [0.29, 0.717) is 12.2 Å². The molecule has 7 heteroatoms. The molecule has 0 atom stereocenters. The largest absolute Gasteiger partial charge is 0.324 e. The highest BCUT2D eigenvalue weighted by Gasteiger charge is 2.11. The summed E-state index contributed by atoms with van der Waals surface area (Å²) in [6, 6.07) is 12.3. The van der Waals surface area contributed by atoms with E-state index in [4.69, 9.17) is 0 Å². The maximum Gasteiger partial charge on any atom is 0.248 e. The molecule has 2 amide bonds. The van der Waals surface area contributed by atoms with E-state index in [-0.39, 0.29) is 11.6 Å². The summed E-state index contributed by atoms with van der Waals surface area (Å²) in [6.45, 7) is 7.85. The normalized spacial score (nSPS) is 11.0. The first-order chi connectivity index (χ1) is 14.7. The van der Waals surface area contributed by atoms with Crippen molar-refractivity contribution < 1.29 is 14.0 Å². The summed E-state index contributed by atoms with van der Waals surface area (Å²) in [4.78, 5) is 23.5. The van der Waals surface area contributed by atoms with Crippen LogP contribution in [0.4, 0.5) is 15.8 Å². The van der Waals surface area contributed by atoms with E-state index < -0.39 is 11.7 Å². The van der Waals surface area contributed by atoms with Gasteiger partial charge in [0.15, 0.2) is 0 Å². The van der Waals surface area contributed by atoms with E-state index in [9.17, 15) is 14.0 Å². The maximum absolute atomic E-state index is 13.8. The summed E-state index contributed by atoms with van der Waals surface area (Å²) in [5.41, 5.74) is 5.40.